The SMILES string of the molecule is CCSc1cc(-c2ccc(C(F)(F)F)cc2)cnc1C(=O)Cl. The van der Waals surface area contributed by atoms with E-state index in [1.807, 2.05) is 6.92 Å². The number of thioether (sulfide) groups is 1. The highest BCUT2D eigenvalue weighted by Crippen LogP contribution is 2.32. The zero-order valence-corrected chi connectivity index (χ0v) is 13.0. The van der Waals surface area contributed by atoms with Crippen molar-refractivity contribution >= 4 is 28.6 Å². The molecule has 1 aromatic heterocycles. The van der Waals surface area contributed by atoms with Crippen molar-refractivity contribution in [1.82, 2.24) is 4.98 Å². The average Bonchev–Trinajstić information content (AvgIpc) is 2.46. The van der Waals surface area contributed by atoms with Gasteiger partial charge in [-0.15, -0.1) is 11.8 Å². The first kappa shape index (κ1) is 16.8. The first-order valence-corrected chi connectivity index (χ1v) is 7.69. The second kappa shape index (κ2) is 6.71. The van der Waals surface area contributed by atoms with E-state index in [9.17, 15) is 18.0 Å². The Morgan fingerprint density at radius 1 is 1.23 bits per heavy atom. The molecule has 0 amide bonds. The van der Waals surface area contributed by atoms with Crippen molar-refractivity contribution in [3.05, 3.63) is 47.8 Å². The Bertz CT molecular complexity index is 686. The van der Waals surface area contributed by atoms with Crippen molar-refractivity contribution in [2.24, 2.45) is 0 Å². The van der Waals surface area contributed by atoms with Gasteiger partial charge in [0.05, 0.1) is 5.56 Å². The Labute approximate surface area is 134 Å². The van der Waals surface area contributed by atoms with Crippen LogP contribution in [0.15, 0.2) is 41.4 Å². The molecule has 22 heavy (non-hydrogen) atoms. The molecule has 0 fully saturated rings. The predicted molar refractivity (Wildman–Crippen MR) is 81.3 cm³/mol. The van der Waals surface area contributed by atoms with Crippen LogP contribution >= 0.6 is 23.4 Å². The first-order valence-electron chi connectivity index (χ1n) is 6.33. The number of rotatable bonds is 4. The fraction of sp³-hybridized carbons (Fsp3) is 0.200. The summed E-state index contributed by atoms with van der Waals surface area (Å²) in [5.41, 5.74) is 0.669. The molecule has 1 heterocycles. The molecule has 1 aromatic carbocycles. The van der Waals surface area contributed by atoms with Crippen molar-refractivity contribution < 1.29 is 18.0 Å². The molecule has 116 valence electrons. The maximum Gasteiger partial charge on any atom is 0.416 e. The van der Waals surface area contributed by atoms with Gasteiger partial charge in [-0.1, -0.05) is 19.1 Å². The molecule has 2 rings (SSSR count). The van der Waals surface area contributed by atoms with E-state index in [2.05, 4.69) is 4.98 Å². The van der Waals surface area contributed by atoms with Crippen LogP contribution < -0.4 is 0 Å². The van der Waals surface area contributed by atoms with E-state index < -0.39 is 17.0 Å². The molecule has 7 heteroatoms. The first-order chi connectivity index (χ1) is 10.3. The number of hydrogen-bond donors (Lipinski definition) is 0. The van der Waals surface area contributed by atoms with Gasteiger partial charge in [0.25, 0.3) is 5.24 Å². The summed E-state index contributed by atoms with van der Waals surface area (Å²) in [6.07, 6.45) is -2.94. The maximum absolute atomic E-state index is 12.6. The smallest absolute Gasteiger partial charge is 0.274 e. The van der Waals surface area contributed by atoms with E-state index in [1.165, 1.54) is 30.1 Å². The molecule has 2 aromatic rings. The van der Waals surface area contributed by atoms with Crippen LogP contribution in [0.3, 0.4) is 0 Å². The van der Waals surface area contributed by atoms with Crippen LogP contribution in [0.25, 0.3) is 11.1 Å². The minimum absolute atomic E-state index is 0.157. The quantitative estimate of drug-likeness (QED) is 0.559. The van der Waals surface area contributed by atoms with Crippen LogP contribution in [0.1, 0.15) is 23.0 Å². The third-order valence-electron chi connectivity index (χ3n) is 2.88. The van der Waals surface area contributed by atoms with Crippen molar-refractivity contribution in [1.29, 1.82) is 0 Å². The molecule has 0 aliphatic heterocycles. The summed E-state index contributed by atoms with van der Waals surface area (Å²) in [6.45, 7) is 1.91. The van der Waals surface area contributed by atoms with Crippen molar-refractivity contribution in [2.45, 2.75) is 18.0 Å². The summed E-state index contributed by atoms with van der Waals surface area (Å²) in [5, 5.41) is -0.657. The van der Waals surface area contributed by atoms with Crippen molar-refractivity contribution in [3.63, 3.8) is 0 Å². The zero-order chi connectivity index (χ0) is 16.3. The number of carbonyl (C=O) groups is 1. The molecule has 0 aliphatic rings. The Morgan fingerprint density at radius 3 is 2.36 bits per heavy atom. The molecule has 0 N–H and O–H groups in total. The fourth-order valence-corrected chi connectivity index (χ4v) is 2.88. The summed E-state index contributed by atoms with van der Waals surface area (Å²) < 4.78 is 37.7. The highest BCUT2D eigenvalue weighted by atomic mass is 35.5. The molecule has 0 aliphatic carbocycles. The molecule has 0 radical (unpaired) electrons. The largest absolute Gasteiger partial charge is 0.416 e. The predicted octanol–water partition coefficient (Wildman–Crippen LogP) is 5.26. The molecule has 0 bridgehead atoms. The van der Waals surface area contributed by atoms with Gasteiger partial charge >= 0.3 is 6.18 Å². The third-order valence-corrected chi connectivity index (χ3v) is 3.97. The highest BCUT2D eigenvalue weighted by molar-refractivity contribution is 7.99. The number of halogens is 4. The molecule has 0 saturated heterocycles. The molecule has 0 saturated carbocycles. The lowest BCUT2D eigenvalue weighted by Gasteiger charge is -2.09. The van der Waals surface area contributed by atoms with E-state index in [1.54, 1.807) is 6.07 Å². The van der Waals surface area contributed by atoms with E-state index in [0.717, 1.165) is 17.9 Å². The zero-order valence-electron chi connectivity index (χ0n) is 11.4. The van der Waals surface area contributed by atoms with E-state index in [-0.39, 0.29) is 5.69 Å². The Hall–Kier alpha value is -1.53. The normalized spacial score (nSPS) is 11.5. The number of aromatic nitrogens is 1. The van der Waals surface area contributed by atoms with Crippen LogP contribution in [-0.2, 0) is 6.18 Å². The summed E-state index contributed by atoms with van der Waals surface area (Å²) in [6, 6.07) is 6.50. The molecule has 0 spiro atoms. The minimum atomic E-state index is -4.37. The van der Waals surface area contributed by atoms with E-state index in [0.29, 0.717) is 16.0 Å². The lowest BCUT2D eigenvalue weighted by molar-refractivity contribution is -0.137. The van der Waals surface area contributed by atoms with Gasteiger partial charge in [0, 0.05) is 16.7 Å². The summed E-state index contributed by atoms with van der Waals surface area (Å²) in [4.78, 5) is 15.9. The van der Waals surface area contributed by atoms with Crippen LogP contribution in [0.5, 0.6) is 0 Å². The topological polar surface area (TPSA) is 30.0 Å². The number of pyridine rings is 1. The number of benzene rings is 1. The summed E-state index contributed by atoms with van der Waals surface area (Å²) in [5.74, 6) is 0.718. The van der Waals surface area contributed by atoms with Crippen LogP contribution in [-0.4, -0.2) is 16.0 Å². The number of alkyl halides is 3. The van der Waals surface area contributed by atoms with Gasteiger partial charge in [-0.05, 0) is 41.1 Å². The van der Waals surface area contributed by atoms with Gasteiger partial charge < -0.3 is 0 Å². The van der Waals surface area contributed by atoms with Gasteiger partial charge in [0.2, 0.25) is 0 Å². The van der Waals surface area contributed by atoms with Crippen molar-refractivity contribution in [2.75, 3.05) is 5.75 Å². The highest BCUT2D eigenvalue weighted by Gasteiger charge is 2.30. The molecule has 0 unspecified atom stereocenters. The Morgan fingerprint density at radius 2 is 1.86 bits per heavy atom. The van der Waals surface area contributed by atoms with Crippen LogP contribution in [0.2, 0.25) is 0 Å². The van der Waals surface area contributed by atoms with Crippen LogP contribution in [0.4, 0.5) is 13.2 Å². The number of nitrogens with zero attached hydrogens (tertiary/aromatic N) is 1. The average molecular weight is 346 g/mol. The lowest BCUT2D eigenvalue weighted by atomic mass is 10.1. The fourth-order valence-electron chi connectivity index (χ4n) is 1.87. The van der Waals surface area contributed by atoms with Gasteiger partial charge in [-0.25, -0.2) is 4.98 Å². The van der Waals surface area contributed by atoms with Gasteiger partial charge in [0.15, 0.2) is 0 Å². The monoisotopic (exact) mass is 345 g/mol. The molecule has 0 atom stereocenters. The second-order valence-corrected chi connectivity index (χ2v) is 6.00. The van der Waals surface area contributed by atoms with Crippen LogP contribution in [0, 0.1) is 0 Å². The summed E-state index contributed by atoms with van der Waals surface area (Å²) in [7, 11) is 0. The van der Waals surface area contributed by atoms with Crippen molar-refractivity contribution in [3.8, 4) is 11.1 Å². The Kier molecular flexibility index (Phi) is 5.13. The third kappa shape index (κ3) is 3.81. The second-order valence-electron chi connectivity index (χ2n) is 4.35. The van der Waals surface area contributed by atoms with Gasteiger partial charge in [0.1, 0.15) is 5.69 Å². The minimum Gasteiger partial charge on any atom is -0.274 e. The lowest BCUT2D eigenvalue weighted by Crippen LogP contribution is -2.04. The van der Waals surface area contributed by atoms with Gasteiger partial charge in [-0.2, -0.15) is 13.2 Å². The molecule has 2 nitrogen and oxygen atoms in total. The molecular formula is C15H11ClF3NOS. The number of hydrogen-bond acceptors (Lipinski definition) is 3. The maximum atomic E-state index is 12.6. The molecular weight excluding hydrogens is 335 g/mol. The Balaban J connectivity index is 2.40. The standard InChI is InChI=1S/C15H11ClF3NOS/c1-2-22-12-7-10(8-20-13(12)14(16)21)9-3-5-11(6-4-9)15(17,18)19/h3-8H,2H2,1H3. The summed E-state index contributed by atoms with van der Waals surface area (Å²) >= 11 is 6.87. The van der Waals surface area contributed by atoms with E-state index in [4.69, 9.17) is 11.6 Å². The number of carbonyl (C=O) groups excluding carboxylic acids is 1. The van der Waals surface area contributed by atoms with Gasteiger partial charge in [-0.3, -0.25) is 4.79 Å². The van der Waals surface area contributed by atoms with E-state index >= 15 is 0 Å².